The van der Waals surface area contributed by atoms with Gasteiger partial charge in [-0.2, -0.15) is 0 Å². The SMILES string of the molecule is CCC(CO)NCC(C)C(N)=O. The van der Waals surface area contributed by atoms with Crippen LogP contribution < -0.4 is 11.1 Å². The number of primary amides is 1. The van der Waals surface area contributed by atoms with Gasteiger partial charge in [0.1, 0.15) is 0 Å². The Bertz CT molecular complexity index is 135. The number of amides is 1. The number of carbonyl (C=O) groups is 1. The predicted octanol–water partition coefficient (Wildman–Crippen LogP) is -0.532. The number of nitrogens with one attached hydrogen (secondary N) is 1. The maximum Gasteiger partial charge on any atom is 0.221 e. The Balaban J connectivity index is 3.58. The molecule has 0 radical (unpaired) electrons. The molecule has 0 aromatic heterocycles. The van der Waals surface area contributed by atoms with Gasteiger partial charge in [0.05, 0.1) is 6.61 Å². The van der Waals surface area contributed by atoms with Crippen LogP contribution in [0.4, 0.5) is 0 Å². The summed E-state index contributed by atoms with van der Waals surface area (Å²) in [4.78, 5) is 10.6. The van der Waals surface area contributed by atoms with E-state index in [1.807, 2.05) is 6.92 Å². The maximum atomic E-state index is 10.6. The lowest BCUT2D eigenvalue weighted by Crippen LogP contribution is -2.38. The van der Waals surface area contributed by atoms with Crippen LogP contribution in [0.1, 0.15) is 20.3 Å². The van der Waals surface area contributed by atoms with Crippen molar-refractivity contribution in [1.29, 1.82) is 0 Å². The number of carbonyl (C=O) groups excluding carboxylic acids is 1. The zero-order valence-corrected chi connectivity index (χ0v) is 7.71. The van der Waals surface area contributed by atoms with Gasteiger partial charge in [-0.15, -0.1) is 0 Å². The van der Waals surface area contributed by atoms with E-state index in [2.05, 4.69) is 5.32 Å². The molecule has 0 fully saturated rings. The van der Waals surface area contributed by atoms with Gasteiger partial charge in [0.15, 0.2) is 0 Å². The highest BCUT2D eigenvalue weighted by molar-refractivity contribution is 5.76. The molecule has 0 bridgehead atoms. The average Bonchev–Trinajstić information content (AvgIpc) is 2.05. The topological polar surface area (TPSA) is 75.3 Å². The fourth-order valence-corrected chi connectivity index (χ4v) is 0.782. The molecule has 1 amide bonds. The second-order valence-electron chi connectivity index (χ2n) is 3.00. The summed E-state index contributed by atoms with van der Waals surface area (Å²) in [5.41, 5.74) is 5.06. The van der Waals surface area contributed by atoms with Gasteiger partial charge in [-0.1, -0.05) is 13.8 Å². The van der Waals surface area contributed by atoms with Crippen molar-refractivity contribution in [2.24, 2.45) is 11.7 Å². The normalized spacial score (nSPS) is 15.6. The third kappa shape index (κ3) is 4.31. The molecule has 4 N–H and O–H groups in total. The number of aliphatic hydroxyl groups is 1. The van der Waals surface area contributed by atoms with Gasteiger partial charge in [0.25, 0.3) is 0 Å². The molecule has 0 aliphatic carbocycles. The summed E-state index contributed by atoms with van der Waals surface area (Å²) in [5.74, 6) is -0.485. The quantitative estimate of drug-likeness (QED) is 0.506. The first-order valence-electron chi connectivity index (χ1n) is 4.25. The van der Waals surface area contributed by atoms with E-state index in [1.54, 1.807) is 6.92 Å². The molecule has 72 valence electrons. The van der Waals surface area contributed by atoms with Crippen LogP contribution in [0.3, 0.4) is 0 Å². The number of hydrogen-bond donors (Lipinski definition) is 3. The number of nitrogens with two attached hydrogens (primary N) is 1. The molecule has 0 heterocycles. The molecule has 0 saturated heterocycles. The Labute approximate surface area is 73.1 Å². The lowest BCUT2D eigenvalue weighted by atomic mass is 10.1. The van der Waals surface area contributed by atoms with Gasteiger partial charge in [-0.3, -0.25) is 4.79 Å². The molecule has 4 nitrogen and oxygen atoms in total. The summed E-state index contributed by atoms with van der Waals surface area (Å²) in [7, 11) is 0. The second-order valence-corrected chi connectivity index (χ2v) is 3.00. The van der Waals surface area contributed by atoms with E-state index in [0.717, 1.165) is 6.42 Å². The van der Waals surface area contributed by atoms with Crippen LogP contribution in [-0.2, 0) is 4.79 Å². The largest absolute Gasteiger partial charge is 0.395 e. The highest BCUT2D eigenvalue weighted by Crippen LogP contribution is 1.93. The third-order valence-electron chi connectivity index (χ3n) is 1.91. The molecule has 0 aliphatic rings. The zero-order chi connectivity index (χ0) is 9.56. The minimum Gasteiger partial charge on any atom is -0.395 e. The van der Waals surface area contributed by atoms with Crippen molar-refractivity contribution >= 4 is 5.91 Å². The fraction of sp³-hybridized carbons (Fsp3) is 0.875. The number of hydrogen-bond acceptors (Lipinski definition) is 3. The summed E-state index contributed by atoms with van der Waals surface area (Å²) in [6.45, 7) is 4.37. The first-order valence-corrected chi connectivity index (χ1v) is 4.25. The summed E-state index contributed by atoms with van der Waals surface area (Å²) in [6, 6.07) is 0.0757. The molecule has 0 aromatic rings. The molecule has 12 heavy (non-hydrogen) atoms. The van der Waals surface area contributed by atoms with Crippen molar-refractivity contribution in [3.05, 3.63) is 0 Å². The van der Waals surface area contributed by atoms with E-state index in [9.17, 15) is 4.79 Å². The van der Waals surface area contributed by atoms with Crippen molar-refractivity contribution in [2.45, 2.75) is 26.3 Å². The minimum absolute atomic E-state index is 0.0757. The van der Waals surface area contributed by atoms with E-state index in [1.165, 1.54) is 0 Å². The van der Waals surface area contributed by atoms with E-state index in [-0.39, 0.29) is 24.5 Å². The predicted molar refractivity (Wildman–Crippen MR) is 47.5 cm³/mol. The highest BCUT2D eigenvalue weighted by atomic mass is 16.3. The van der Waals surface area contributed by atoms with Gasteiger partial charge >= 0.3 is 0 Å². The summed E-state index contributed by atoms with van der Waals surface area (Å²) in [5, 5.41) is 11.8. The van der Waals surface area contributed by atoms with Gasteiger partial charge < -0.3 is 16.2 Å². The van der Waals surface area contributed by atoms with Gasteiger partial charge in [-0.25, -0.2) is 0 Å². The minimum atomic E-state index is -0.310. The molecule has 0 saturated carbocycles. The Morgan fingerprint density at radius 2 is 2.25 bits per heavy atom. The molecule has 0 rings (SSSR count). The maximum absolute atomic E-state index is 10.6. The first kappa shape index (κ1) is 11.4. The van der Waals surface area contributed by atoms with Crippen LogP contribution in [0.2, 0.25) is 0 Å². The molecule has 4 heteroatoms. The van der Waals surface area contributed by atoms with Crippen LogP contribution in [0.5, 0.6) is 0 Å². The molecule has 2 unspecified atom stereocenters. The van der Waals surface area contributed by atoms with Crippen molar-refractivity contribution in [2.75, 3.05) is 13.2 Å². The second kappa shape index (κ2) is 5.97. The Morgan fingerprint density at radius 3 is 2.58 bits per heavy atom. The van der Waals surface area contributed by atoms with E-state index in [0.29, 0.717) is 6.54 Å². The molecular weight excluding hydrogens is 156 g/mol. The van der Waals surface area contributed by atoms with Crippen molar-refractivity contribution in [3.8, 4) is 0 Å². The summed E-state index contributed by atoms with van der Waals surface area (Å²) >= 11 is 0. The smallest absolute Gasteiger partial charge is 0.221 e. The summed E-state index contributed by atoms with van der Waals surface area (Å²) < 4.78 is 0. The first-order chi connectivity index (χ1) is 5.61. The van der Waals surface area contributed by atoms with Gasteiger partial charge in [-0.05, 0) is 6.42 Å². The van der Waals surface area contributed by atoms with Gasteiger partial charge in [0, 0.05) is 18.5 Å². The highest BCUT2D eigenvalue weighted by Gasteiger charge is 2.10. The van der Waals surface area contributed by atoms with E-state index < -0.39 is 0 Å². The van der Waals surface area contributed by atoms with Crippen LogP contribution in [-0.4, -0.2) is 30.2 Å². The van der Waals surface area contributed by atoms with Crippen molar-refractivity contribution in [1.82, 2.24) is 5.32 Å². The number of aliphatic hydroxyl groups excluding tert-OH is 1. The lowest BCUT2D eigenvalue weighted by molar-refractivity contribution is -0.121. The van der Waals surface area contributed by atoms with Crippen LogP contribution >= 0.6 is 0 Å². The Morgan fingerprint density at radius 1 is 1.67 bits per heavy atom. The molecular formula is C8H18N2O2. The molecule has 0 aromatic carbocycles. The van der Waals surface area contributed by atoms with E-state index >= 15 is 0 Å². The Kier molecular flexibility index (Phi) is 5.66. The average molecular weight is 174 g/mol. The zero-order valence-electron chi connectivity index (χ0n) is 7.71. The molecule has 2 atom stereocenters. The lowest BCUT2D eigenvalue weighted by Gasteiger charge is -2.15. The van der Waals surface area contributed by atoms with Crippen molar-refractivity contribution in [3.63, 3.8) is 0 Å². The van der Waals surface area contributed by atoms with E-state index in [4.69, 9.17) is 10.8 Å². The van der Waals surface area contributed by atoms with Crippen molar-refractivity contribution < 1.29 is 9.90 Å². The monoisotopic (exact) mass is 174 g/mol. The van der Waals surface area contributed by atoms with Crippen LogP contribution in [0, 0.1) is 5.92 Å². The number of rotatable bonds is 6. The summed E-state index contributed by atoms with van der Waals surface area (Å²) in [6.07, 6.45) is 0.849. The molecule has 0 aliphatic heterocycles. The van der Waals surface area contributed by atoms with Crippen LogP contribution in [0.25, 0.3) is 0 Å². The van der Waals surface area contributed by atoms with Crippen LogP contribution in [0.15, 0.2) is 0 Å². The standard InChI is InChI=1S/C8H18N2O2/c1-3-7(5-11)10-4-6(2)8(9)12/h6-7,10-11H,3-5H2,1-2H3,(H2,9,12). The third-order valence-corrected chi connectivity index (χ3v) is 1.91. The fourth-order valence-electron chi connectivity index (χ4n) is 0.782. The Hall–Kier alpha value is -0.610. The molecule has 0 spiro atoms. The van der Waals surface area contributed by atoms with Gasteiger partial charge in [0.2, 0.25) is 5.91 Å².